The molecule has 0 N–H and O–H groups in total. The topological polar surface area (TPSA) is 88.1 Å². The lowest BCUT2D eigenvalue weighted by Gasteiger charge is -2.33. The van der Waals surface area contributed by atoms with Gasteiger partial charge >= 0.3 is 17.9 Å². The SMILES string of the molecule is C=CCCCCCCCCCC[C@@H](C(=O)OC)[C@@]1(CC(=O)OC(C)(C)C)O[C@@H](C(C)(C)C)OC1=O. The smallest absolute Gasteiger partial charge is 0.342 e. The molecule has 0 spiro atoms. The van der Waals surface area contributed by atoms with Gasteiger partial charge in [-0.15, -0.1) is 6.58 Å². The molecule has 1 aliphatic rings. The lowest BCUT2D eigenvalue weighted by atomic mass is 9.80. The van der Waals surface area contributed by atoms with Gasteiger partial charge in [0.2, 0.25) is 6.29 Å². The molecule has 202 valence electrons. The summed E-state index contributed by atoms with van der Waals surface area (Å²) in [7, 11) is 1.28. The maximum atomic E-state index is 13.2. The second-order valence-electron chi connectivity index (χ2n) is 11.6. The summed E-state index contributed by atoms with van der Waals surface area (Å²) in [5, 5.41) is 0. The number of allylic oxidation sites excluding steroid dienone is 1. The van der Waals surface area contributed by atoms with E-state index in [1.165, 1.54) is 32.8 Å². The third kappa shape index (κ3) is 10.3. The Balaban J connectivity index is 2.91. The summed E-state index contributed by atoms with van der Waals surface area (Å²) in [5.74, 6) is -2.87. The minimum absolute atomic E-state index is 0.362. The highest BCUT2D eigenvalue weighted by Crippen LogP contribution is 2.43. The first-order chi connectivity index (χ1) is 16.3. The zero-order chi connectivity index (χ0) is 26.7. The zero-order valence-corrected chi connectivity index (χ0v) is 23.1. The van der Waals surface area contributed by atoms with Crippen molar-refractivity contribution in [3.8, 4) is 0 Å². The highest BCUT2D eigenvalue weighted by atomic mass is 16.8. The van der Waals surface area contributed by atoms with E-state index >= 15 is 0 Å². The Morgan fingerprint density at radius 1 is 1.00 bits per heavy atom. The molecule has 0 aromatic heterocycles. The lowest BCUT2D eigenvalue weighted by molar-refractivity contribution is -0.186. The van der Waals surface area contributed by atoms with Crippen molar-refractivity contribution in [3.63, 3.8) is 0 Å². The molecule has 3 atom stereocenters. The van der Waals surface area contributed by atoms with Crippen molar-refractivity contribution >= 4 is 17.9 Å². The number of unbranched alkanes of at least 4 members (excludes halogenated alkanes) is 8. The van der Waals surface area contributed by atoms with Crippen LogP contribution in [0.3, 0.4) is 0 Å². The molecule has 35 heavy (non-hydrogen) atoms. The molecule has 0 saturated carbocycles. The third-order valence-electron chi connectivity index (χ3n) is 6.11. The Bertz CT molecular complexity index is 701. The quantitative estimate of drug-likeness (QED) is 0.114. The predicted molar refractivity (Wildman–Crippen MR) is 135 cm³/mol. The van der Waals surface area contributed by atoms with Crippen LogP contribution in [0.4, 0.5) is 0 Å². The summed E-state index contributed by atoms with van der Waals surface area (Å²) < 4.78 is 22.3. The van der Waals surface area contributed by atoms with Crippen LogP contribution in [0.25, 0.3) is 0 Å². The number of esters is 3. The van der Waals surface area contributed by atoms with Crippen LogP contribution in [0.5, 0.6) is 0 Å². The van der Waals surface area contributed by atoms with Crippen LogP contribution >= 0.6 is 0 Å². The molecule has 0 aromatic carbocycles. The first-order valence-corrected chi connectivity index (χ1v) is 13.1. The van der Waals surface area contributed by atoms with Gasteiger partial charge in [0.25, 0.3) is 0 Å². The molecule has 1 aliphatic heterocycles. The van der Waals surface area contributed by atoms with Gasteiger partial charge in [-0.3, -0.25) is 9.59 Å². The standard InChI is InChI=1S/C28H48O7/c1-9-10-11-12-13-14-15-16-17-18-19-21(23(30)32-8)28(20-22(29)34-27(5,6)7)24(31)33-25(35-28)26(2,3)4/h9,21,25H,1,10-20H2,2-8H3/t21-,25-,28+/m0/s1. The summed E-state index contributed by atoms with van der Waals surface area (Å²) in [5.41, 5.74) is -3.03. The van der Waals surface area contributed by atoms with E-state index in [1.54, 1.807) is 20.8 Å². The van der Waals surface area contributed by atoms with E-state index < -0.39 is 53.2 Å². The number of carbonyl (C=O) groups is 3. The minimum atomic E-state index is -1.77. The second kappa shape index (κ2) is 14.0. The second-order valence-corrected chi connectivity index (χ2v) is 11.6. The van der Waals surface area contributed by atoms with Crippen molar-refractivity contribution in [2.24, 2.45) is 11.3 Å². The number of rotatable bonds is 15. The van der Waals surface area contributed by atoms with Crippen molar-refractivity contribution in [1.82, 2.24) is 0 Å². The first kappa shape index (κ1) is 31.1. The van der Waals surface area contributed by atoms with Gasteiger partial charge in [-0.05, 0) is 40.0 Å². The van der Waals surface area contributed by atoms with Crippen LogP contribution < -0.4 is 0 Å². The van der Waals surface area contributed by atoms with Crippen LogP contribution in [0.1, 0.15) is 112 Å². The maximum absolute atomic E-state index is 13.2. The van der Waals surface area contributed by atoms with Crippen LogP contribution in [-0.2, 0) is 33.3 Å². The fourth-order valence-corrected chi connectivity index (χ4v) is 4.25. The molecule has 1 fully saturated rings. The molecular weight excluding hydrogens is 448 g/mol. The Morgan fingerprint density at radius 2 is 1.54 bits per heavy atom. The average molecular weight is 497 g/mol. The van der Waals surface area contributed by atoms with Crippen molar-refractivity contribution in [1.29, 1.82) is 0 Å². The Kier molecular flexibility index (Phi) is 12.5. The van der Waals surface area contributed by atoms with Gasteiger partial charge in [0, 0.05) is 5.41 Å². The Morgan fingerprint density at radius 3 is 2.00 bits per heavy atom. The normalized spacial score (nSPS) is 21.3. The van der Waals surface area contributed by atoms with Crippen LogP contribution in [0.15, 0.2) is 12.7 Å². The average Bonchev–Trinajstić information content (AvgIpc) is 3.07. The molecule has 7 heteroatoms. The molecular formula is C28H48O7. The number of hydrogen-bond donors (Lipinski definition) is 0. The van der Waals surface area contributed by atoms with Crippen molar-refractivity contribution in [2.45, 2.75) is 130 Å². The third-order valence-corrected chi connectivity index (χ3v) is 6.11. The highest BCUT2D eigenvalue weighted by Gasteiger charge is 2.61. The summed E-state index contributed by atoms with van der Waals surface area (Å²) in [6, 6.07) is 0. The van der Waals surface area contributed by atoms with E-state index in [1.807, 2.05) is 26.8 Å². The van der Waals surface area contributed by atoms with Gasteiger partial charge in [-0.1, -0.05) is 71.8 Å². The number of methoxy groups -OCH3 is 1. The van der Waals surface area contributed by atoms with E-state index in [4.69, 9.17) is 18.9 Å². The van der Waals surface area contributed by atoms with Crippen LogP contribution in [0, 0.1) is 11.3 Å². The fraction of sp³-hybridized carbons (Fsp3) is 0.821. The molecule has 1 rings (SSSR count). The van der Waals surface area contributed by atoms with E-state index in [2.05, 4.69) is 6.58 Å². The molecule has 0 bridgehead atoms. The van der Waals surface area contributed by atoms with Gasteiger partial charge in [0.15, 0.2) is 5.60 Å². The zero-order valence-electron chi connectivity index (χ0n) is 23.1. The molecule has 1 heterocycles. The highest BCUT2D eigenvalue weighted by molar-refractivity contribution is 5.92. The van der Waals surface area contributed by atoms with Crippen LogP contribution in [-0.4, -0.2) is 42.5 Å². The predicted octanol–water partition coefficient (Wildman–Crippen LogP) is 6.28. The van der Waals surface area contributed by atoms with E-state index in [0.717, 1.165) is 25.7 Å². The molecule has 0 radical (unpaired) electrons. The van der Waals surface area contributed by atoms with E-state index in [0.29, 0.717) is 12.8 Å². The van der Waals surface area contributed by atoms with Crippen molar-refractivity contribution < 1.29 is 33.3 Å². The molecule has 0 aromatic rings. The molecule has 0 unspecified atom stereocenters. The van der Waals surface area contributed by atoms with E-state index in [9.17, 15) is 14.4 Å². The van der Waals surface area contributed by atoms with Crippen molar-refractivity contribution in [3.05, 3.63) is 12.7 Å². The van der Waals surface area contributed by atoms with Gasteiger partial charge < -0.3 is 18.9 Å². The number of carbonyl (C=O) groups excluding carboxylic acids is 3. The summed E-state index contributed by atoms with van der Waals surface area (Å²) in [4.78, 5) is 38.9. The summed E-state index contributed by atoms with van der Waals surface area (Å²) in [6.45, 7) is 14.6. The van der Waals surface area contributed by atoms with Gasteiger partial charge in [0.1, 0.15) is 5.60 Å². The molecule has 0 amide bonds. The van der Waals surface area contributed by atoms with Gasteiger partial charge in [-0.2, -0.15) is 0 Å². The summed E-state index contributed by atoms with van der Waals surface area (Å²) in [6.07, 6.45) is 10.7. The number of hydrogen-bond acceptors (Lipinski definition) is 7. The van der Waals surface area contributed by atoms with E-state index in [-0.39, 0.29) is 0 Å². The minimum Gasteiger partial charge on any atom is -0.469 e. The monoisotopic (exact) mass is 496 g/mol. The van der Waals surface area contributed by atoms with Crippen molar-refractivity contribution in [2.75, 3.05) is 7.11 Å². The lowest BCUT2D eigenvalue weighted by Crippen LogP contribution is -2.51. The molecule has 1 saturated heterocycles. The van der Waals surface area contributed by atoms with Gasteiger partial charge in [-0.25, -0.2) is 4.79 Å². The number of ether oxygens (including phenoxy) is 4. The first-order valence-electron chi connectivity index (χ1n) is 13.1. The Labute approximate surface area is 212 Å². The molecule has 7 nitrogen and oxygen atoms in total. The maximum Gasteiger partial charge on any atom is 0.342 e. The Hall–Kier alpha value is -1.89. The summed E-state index contributed by atoms with van der Waals surface area (Å²) >= 11 is 0. The number of cyclic esters (lactones) is 1. The molecule has 0 aliphatic carbocycles. The van der Waals surface area contributed by atoms with Gasteiger partial charge in [0.05, 0.1) is 19.4 Å². The van der Waals surface area contributed by atoms with Crippen LogP contribution in [0.2, 0.25) is 0 Å². The fourth-order valence-electron chi connectivity index (χ4n) is 4.25. The largest absolute Gasteiger partial charge is 0.469 e.